The second-order valence-corrected chi connectivity index (χ2v) is 7.34. The molecule has 0 fully saturated rings. The van der Waals surface area contributed by atoms with Crippen molar-refractivity contribution in [2.24, 2.45) is 5.92 Å². The second-order valence-electron chi connectivity index (χ2n) is 7.34. The largest absolute Gasteiger partial charge is 0.497 e. The van der Waals surface area contributed by atoms with Crippen molar-refractivity contribution in [1.82, 2.24) is 25.8 Å². The van der Waals surface area contributed by atoms with Gasteiger partial charge in [-0.05, 0) is 42.3 Å². The molecule has 0 saturated carbocycles. The highest BCUT2D eigenvalue weighted by atomic mass is 19.1. The summed E-state index contributed by atoms with van der Waals surface area (Å²) in [6, 6.07) is 9.27. The average molecular weight is 443 g/mol. The van der Waals surface area contributed by atoms with Crippen LogP contribution in [0.1, 0.15) is 30.0 Å². The standard InChI is InChI=1S/C22H23F2N5O3/c1-12(2)19(27-21(30)18-15(23)5-4-6-16(18)24)22(31)25-11-17-26-20(29-28-17)13-7-9-14(32-3)10-8-13/h4-10,12,19H,11H2,1-3H3,(H,25,31)(H,27,30)(H,26,28,29). The van der Waals surface area contributed by atoms with Crippen LogP contribution in [0.2, 0.25) is 0 Å². The Morgan fingerprint density at radius 2 is 1.75 bits per heavy atom. The molecular weight excluding hydrogens is 420 g/mol. The van der Waals surface area contributed by atoms with Gasteiger partial charge in [0.25, 0.3) is 5.91 Å². The van der Waals surface area contributed by atoms with Crippen LogP contribution in [-0.4, -0.2) is 40.1 Å². The molecule has 2 aromatic carbocycles. The Hall–Kier alpha value is -3.82. The maximum absolute atomic E-state index is 13.9. The van der Waals surface area contributed by atoms with Crippen molar-refractivity contribution in [3.63, 3.8) is 0 Å². The number of hydrogen-bond donors (Lipinski definition) is 3. The third-order valence-electron chi connectivity index (χ3n) is 4.74. The number of aromatic amines is 1. The van der Waals surface area contributed by atoms with Crippen molar-refractivity contribution in [1.29, 1.82) is 0 Å². The lowest BCUT2D eigenvalue weighted by Gasteiger charge is -2.21. The summed E-state index contributed by atoms with van der Waals surface area (Å²) in [5, 5.41) is 11.9. The van der Waals surface area contributed by atoms with Gasteiger partial charge in [-0.15, -0.1) is 0 Å². The number of methoxy groups -OCH3 is 1. The van der Waals surface area contributed by atoms with Crippen LogP contribution in [0.25, 0.3) is 11.4 Å². The van der Waals surface area contributed by atoms with Crippen LogP contribution in [0.5, 0.6) is 5.75 Å². The summed E-state index contributed by atoms with van der Waals surface area (Å²) in [7, 11) is 1.57. The normalized spacial score (nSPS) is 11.8. The fraction of sp³-hybridized carbons (Fsp3) is 0.273. The molecule has 1 heterocycles. The van der Waals surface area contributed by atoms with E-state index in [-0.39, 0.29) is 12.5 Å². The Morgan fingerprint density at radius 3 is 2.34 bits per heavy atom. The molecule has 0 spiro atoms. The number of nitrogens with one attached hydrogen (secondary N) is 3. The number of H-pyrrole nitrogens is 1. The van der Waals surface area contributed by atoms with E-state index in [0.29, 0.717) is 17.4 Å². The number of carbonyl (C=O) groups excluding carboxylic acids is 2. The Morgan fingerprint density at radius 1 is 1.09 bits per heavy atom. The minimum atomic E-state index is -1.01. The molecule has 0 aliphatic carbocycles. The van der Waals surface area contributed by atoms with Crippen molar-refractivity contribution >= 4 is 11.8 Å². The highest BCUT2D eigenvalue weighted by Gasteiger charge is 2.27. The monoisotopic (exact) mass is 443 g/mol. The fourth-order valence-corrected chi connectivity index (χ4v) is 2.99. The molecule has 0 aliphatic rings. The minimum absolute atomic E-state index is 0.0230. The molecule has 8 nitrogen and oxygen atoms in total. The van der Waals surface area contributed by atoms with Crippen LogP contribution < -0.4 is 15.4 Å². The van der Waals surface area contributed by atoms with Gasteiger partial charge in [0.2, 0.25) is 5.91 Å². The lowest BCUT2D eigenvalue weighted by molar-refractivity contribution is -0.124. The first-order valence-corrected chi connectivity index (χ1v) is 9.88. The van der Waals surface area contributed by atoms with Gasteiger partial charge in [0.05, 0.1) is 13.7 Å². The molecule has 3 aromatic rings. The SMILES string of the molecule is COc1ccc(-c2n[nH]c(CNC(=O)C(NC(=O)c3c(F)cccc3F)C(C)C)n2)cc1. The van der Waals surface area contributed by atoms with E-state index in [0.717, 1.165) is 23.8 Å². The molecule has 0 aliphatic heterocycles. The first kappa shape index (κ1) is 22.9. The summed E-state index contributed by atoms with van der Waals surface area (Å²) < 4.78 is 32.9. The Labute approximate surface area is 183 Å². The van der Waals surface area contributed by atoms with Gasteiger partial charge in [-0.1, -0.05) is 19.9 Å². The summed E-state index contributed by atoms with van der Waals surface area (Å²) in [6.45, 7) is 3.44. The van der Waals surface area contributed by atoms with Gasteiger partial charge in [0.1, 0.15) is 34.8 Å². The van der Waals surface area contributed by atoms with E-state index in [1.807, 2.05) is 0 Å². The van der Waals surface area contributed by atoms with Gasteiger partial charge < -0.3 is 15.4 Å². The van der Waals surface area contributed by atoms with E-state index in [1.165, 1.54) is 0 Å². The summed E-state index contributed by atoms with van der Waals surface area (Å²) in [4.78, 5) is 29.4. The van der Waals surface area contributed by atoms with E-state index in [4.69, 9.17) is 4.74 Å². The van der Waals surface area contributed by atoms with Crippen molar-refractivity contribution < 1.29 is 23.1 Å². The predicted molar refractivity (Wildman–Crippen MR) is 113 cm³/mol. The molecule has 3 N–H and O–H groups in total. The number of carbonyl (C=O) groups is 2. The second kappa shape index (κ2) is 9.99. The summed E-state index contributed by atoms with van der Waals surface area (Å²) >= 11 is 0. The van der Waals surface area contributed by atoms with E-state index in [1.54, 1.807) is 45.2 Å². The molecule has 10 heteroatoms. The van der Waals surface area contributed by atoms with Crippen LogP contribution in [0.4, 0.5) is 8.78 Å². The quantitative estimate of drug-likeness (QED) is 0.496. The third-order valence-corrected chi connectivity index (χ3v) is 4.74. The summed E-state index contributed by atoms with van der Waals surface area (Å²) in [5.41, 5.74) is 0.0316. The molecule has 2 amide bonds. The first-order valence-electron chi connectivity index (χ1n) is 9.88. The maximum atomic E-state index is 13.9. The Kier molecular flexibility index (Phi) is 7.14. The molecule has 168 valence electrons. The maximum Gasteiger partial charge on any atom is 0.257 e. The molecule has 0 saturated heterocycles. The molecule has 1 atom stereocenters. The first-order chi connectivity index (χ1) is 15.3. The van der Waals surface area contributed by atoms with Gasteiger partial charge in [-0.3, -0.25) is 14.7 Å². The zero-order valence-electron chi connectivity index (χ0n) is 17.8. The van der Waals surface area contributed by atoms with Crippen LogP contribution in [-0.2, 0) is 11.3 Å². The fourth-order valence-electron chi connectivity index (χ4n) is 2.99. The zero-order valence-corrected chi connectivity index (χ0v) is 17.8. The topological polar surface area (TPSA) is 109 Å². The smallest absolute Gasteiger partial charge is 0.257 e. The van der Waals surface area contributed by atoms with E-state index in [2.05, 4.69) is 25.8 Å². The van der Waals surface area contributed by atoms with Crippen LogP contribution in [0.15, 0.2) is 42.5 Å². The van der Waals surface area contributed by atoms with Crippen molar-refractivity contribution in [3.8, 4) is 17.1 Å². The zero-order chi connectivity index (χ0) is 23.3. The molecule has 0 radical (unpaired) electrons. The number of benzene rings is 2. The number of nitrogens with zero attached hydrogens (tertiary/aromatic N) is 2. The Balaban J connectivity index is 1.64. The molecular formula is C22H23F2N5O3. The van der Waals surface area contributed by atoms with Crippen molar-refractivity contribution in [2.45, 2.75) is 26.4 Å². The van der Waals surface area contributed by atoms with E-state index < -0.39 is 35.1 Å². The van der Waals surface area contributed by atoms with E-state index in [9.17, 15) is 18.4 Å². The van der Waals surface area contributed by atoms with Crippen molar-refractivity contribution in [2.75, 3.05) is 7.11 Å². The van der Waals surface area contributed by atoms with Gasteiger partial charge in [-0.25, -0.2) is 13.8 Å². The minimum Gasteiger partial charge on any atom is -0.497 e. The average Bonchev–Trinajstić information content (AvgIpc) is 3.24. The van der Waals surface area contributed by atoms with Gasteiger partial charge in [0.15, 0.2) is 5.82 Å². The van der Waals surface area contributed by atoms with E-state index >= 15 is 0 Å². The number of halogens is 2. The van der Waals surface area contributed by atoms with Crippen LogP contribution >= 0.6 is 0 Å². The predicted octanol–water partition coefficient (Wildman–Crippen LogP) is 2.83. The molecule has 1 unspecified atom stereocenters. The van der Waals surface area contributed by atoms with Gasteiger partial charge in [0, 0.05) is 5.56 Å². The number of rotatable bonds is 8. The van der Waals surface area contributed by atoms with Crippen LogP contribution in [0.3, 0.4) is 0 Å². The molecule has 3 rings (SSSR count). The number of hydrogen-bond acceptors (Lipinski definition) is 5. The third kappa shape index (κ3) is 5.26. The highest BCUT2D eigenvalue weighted by Crippen LogP contribution is 2.19. The van der Waals surface area contributed by atoms with Crippen LogP contribution in [0, 0.1) is 17.6 Å². The Bertz CT molecular complexity index is 1080. The number of amides is 2. The highest BCUT2D eigenvalue weighted by molar-refractivity contribution is 5.98. The summed E-state index contributed by atoms with van der Waals surface area (Å²) in [5.74, 6) is -2.31. The lowest BCUT2D eigenvalue weighted by atomic mass is 10.0. The van der Waals surface area contributed by atoms with Gasteiger partial charge in [-0.2, -0.15) is 5.10 Å². The summed E-state index contributed by atoms with van der Waals surface area (Å²) in [6.07, 6.45) is 0. The van der Waals surface area contributed by atoms with Crippen molar-refractivity contribution in [3.05, 3.63) is 65.5 Å². The van der Waals surface area contributed by atoms with Gasteiger partial charge >= 0.3 is 0 Å². The lowest BCUT2D eigenvalue weighted by Crippen LogP contribution is -2.49. The molecule has 1 aromatic heterocycles. The molecule has 32 heavy (non-hydrogen) atoms. The molecule has 0 bridgehead atoms. The number of ether oxygens (including phenoxy) is 1. The number of aromatic nitrogens is 3.